The van der Waals surface area contributed by atoms with E-state index in [1.165, 1.54) is 4.90 Å². The fourth-order valence-corrected chi connectivity index (χ4v) is 4.26. The minimum Gasteiger partial charge on any atom is -0.464 e. The Bertz CT molecular complexity index is 1210. The smallest absolute Gasteiger partial charge is 0.413 e. The van der Waals surface area contributed by atoms with E-state index >= 15 is 0 Å². The first-order valence-electron chi connectivity index (χ1n) is 12.7. The van der Waals surface area contributed by atoms with Gasteiger partial charge in [0.15, 0.2) is 0 Å². The predicted octanol–water partition coefficient (Wildman–Crippen LogP) is 6.61. The van der Waals surface area contributed by atoms with Crippen LogP contribution >= 0.6 is 10.0 Å². The molecule has 8 heteroatoms. The van der Waals surface area contributed by atoms with Gasteiger partial charge in [-0.15, -0.1) is 0 Å². The summed E-state index contributed by atoms with van der Waals surface area (Å²) < 4.78 is 15.9. The largest absolute Gasteiger partial charge is 0.464 e. The first-order chi connectivity index (χ1) is 17.9. The van der Waals surface area contributed by atoms with Crippen LogP contribution in [0, 0.1) is 0 Å². The van der Waals surface area contributed by atoms with Gasteiger partial charge < -0.3 is 14.2 Å². The highest BCUT2D eigenvalue weighted by atomic mass is 32.3. The topological polar surface area (TPSA) is 82.1 Å². The van der Waals surface area contributed by atoms with E-state index in [4.69, 9.17) is 14.2 Å². The fraction of sp³-hybridized carbons (Fsp3) is 0.433. The molecule has 3 aromatic rings. The quantitative estimate of drug-likeness (QED) is 0.181. The Morgan fingerprint density at radius 2 is 1.34 bits per heavy atom. The number of carbonyl (C=O) groups excluding carboxylic acids is 3. The minimum absolute atomic E-state index is 0.260. The summed E-state index contributed by atoms with van der Waals surface area (Å²) in [6.07, 6.45) is 5.66. The summed E-state index contributed by atoms with van der Waals surface area (Å²) >= 11 is 0. The zero-order valence-corrected chi connectivity index (χ0v) is 24.6. The molecule has 0 aliphatic rings. The summed E-state index contributed by atoms with van der Waals surface area (Å²) in [6.45, 7) is 8.83. The van der Waals surface area contributed by atoms with E-state index < -0.39 is 40.4 Å². The SMILES string of the molecule is CC.CC(C)(C)N(CC(=O)OCCS(C)(C)C)C(=O)OCOC(=O)c1c2ccccc2cc2ccccc12. The summed E-state index contributed by atoms with van der Waals surface area (Å²) in [6, 6.07) is 17.1. The molecule has 3 rings (SSSR count). The third-order valence-corrected chi connectivity index (χ3v) is 7.02. The Morgan fingerprint density at radius 3 is 1.84 bits per heavy atom. The standard InChI is InChI=1S/C28H35NO6S.C2H6/c1-28(2,3)29(18-24(30)33-15-16-36(4,5)6)27(32)35-19-34-26(31)25-22-13-9-7-11-20(22)17-21-12-8-10-14-23(21)25;1-2/h7-14,17H,15-16,18-19H2,1-6H3;1-2H3. The van der Waals surface area contributed by atoms with E-state index in [2.05, 4.69) is 18.8 Å². The molecule has 0 N–H and O–H groups in total. The number of nitrogens with zero attached hydrogens (tertiary/aromatic N) is 1. The molecule has 0 aliphatic heterocycles. The van der Waals surface area contributed by atoms with Crippen LogP contribution in [0.2, 0.25) is 0 Å². The van der Waals surface area contributed by atoms with Crippen molar-refractivity contribution in [2.24, 2.45) is 0 Å². The van der Waals surface area contributed by atoms with E-state index in [1.54, 1.807) is 20.8 Å². The van der Waals surface area contributed by atoms with Crippen LogP contribution in [0.3, 0.4) is 0 Å². The first kappa shape index (κ1) is 31.0. The van der Waals surface area contributed by atoms with Crippen LogP contribution in [0.25, 0.3) is 21.5 Å². The number of hydrogen-bond donors (Lipinski definition) is 0. The summed E-state index contributed by atoms with van der Waals surface area (Å²) in [5, 5.41) is 3.32. The Balaban J connectivity index is 0.00000247. The predicted molar refractivity (Wildman–Crippen MR) is 157 cm³/mol. The van der Waals surface area contributed by atoms with Gasteiger partial charge in [-0.05, 0) is 67.1 Å². The van der Waals surface area contributed by atoms with E-state index in [0.29, 0.717) is 12.2 Å². The molecule has 0 aliphatic carbocycles. The molecule has 0 unspecified atom stereocenters. The van der Waals surface area contributed by atoms with Gasteiger partial charge in [0.05, 0.1) is 12.2 Å². The summed E-state index contributed by atoms with van der Waals surface area (Å²) in [5.74, 6) is -0.315. The molecular weight excluding hydrogens is 502 g/mol. The van der Waals surface area contributed by atoms with Crippen molar-refractivity contribution in [2.45, 2.75) is 40.2 Å². The maximum atomic E-state index is 13.1. The molecular formula is C30H41NO6S. The second-order valence-corrected chi connectivity index (χ2v) is 15.0. The van der Waals surface area contributed by atoms with E-state index in [9.17, 15) is 14.4 Å². The van der Waals surface area contributed by atoms with Crippen LogP contribution in [0.1, 0.15) is 45.0 Å². The zero-order chi connectivity index (χ0) is 28.5. The molecule has 0 spiro atoms. The van der Waals surface area contributed by atoms with Gasteiger partial charge in [-0.25, -0.2) is 19.6 Å². The molecule has 0 saturated heterocycles. The van der Waals surface area contributed by atoms with Crippen molar-refractivity contribution in [1.29, 1.82) is 0 Å². The molecule has 38 heavy (non-hydrogen) atoms. The van der Waals surface area contributed by atoms with Crippen molar-refractivity contribution < 1.29 is 28.6 Å². The summed E-state index contributed by atoms with van der Waals surface area (Å²) in [4.78, 5) is 39.5. The van der Waals surface area contributed by atoms with Gasteiger partial charge in [0.25, 0.3) is 0 Å². The van der Waals surface area contributed by atoms with E-state index in [1.807, 2.05) is 68.4 Å². The number of esters is 2. The van der Waals surface area contributed by atoms with Gasteiger partial charge >= 0.3 is 18.0 Å². The van der Waals surface area contributed by atoms with Crippen LogP contribution in [0.15, 0.2) is 54.6 Å². The van der Waals surface area contributed by atoms with Gasteiger partial charge in [-0.1, -0.05) is 62.4 Å². The molecule has 0 radical (unpaired) electrons. The third-order valence-electron chi connectivity index (χ3n) is 5.62. The Morgan fingerprint density at radius 1 is 0.816 bits per heavy atom. The van der Waals surface area contributed by atoms with Crippen LogP contribution in [-0.4, -0.2) is 72.9 Å². The summed E-state index contributed by atoms with van der Waals surface area (Å²) in [5.41, 5.74) is -0.293. The number of benzene rings is 3. The Labute approximate surface area is 227 Å². The van der Waals surface area contributed by atoms with Crippen molar-refractivity contribution in [3.8, 4) is 0 Å². The first-order valence-corrected chi connectivity index (χ1v) is 15.7. The van der Waals surface area contributed by atoms with Gasteiger partial charge in [0.2, 0.25) is 6.79 Å². The van der Waals surface area contributed by atoms with Crippen LogP contribution < -0.4 is 0 Å². The molecule has 3 aromatic carbocycles. The molecule has 0 saturated carbocycles. The van der Waals surface area contributed by atoms with Gasteiger partial charge in [0, 0.05) is 11.3 Å². The number of fused-ring (bicyclic) bond motifs is 2. The maximum Gasteiger partial charge on any atom is 0.413 e. The molecule has 208 valence electrons. The lowest BCUT2D eigenvalue weighted by atomic mass is 9.97. The highest BCUT2D eigenvalue weighted by Gasteiger charge is 2.31. The number of hydrogen-bond acceptors (Lipinski definition) is 6. The van der Waals surface area contributed by atoms with Crippen molar-refractivity contribution in [3.05, 3.63) is 60.2 Å². The van der Waals surface area contributed by atoms with Crippen molar-refractivity contribution >= 4 is 49.6 Å². The number of ether oxygens (including phenoxy) is 3. The monoisotopic (exact) mass is 543 g/mol. The minimum atomic E-state index is -0.795. The average Bonchev–Trinajstić information content (AvgIpc) is 2.85. The van der Waals surface area contributed by atoms with Crippen molar-refractivity contribution in [1.82, 2.24) is 4.90 Å². The molecule has 0 fully saturated rings. The lowest BCUT2D eigenvalue weighted by Gasteiger charge is -2.33. The molecule has 0 bridgehead atoms. The Kier molecular flexibility index (Phi) is 11.0. The highest BCUT2D eigenvalue weighted by Crippen LogP contribution is 2.33. The van der Waals surface area contributed by atoms with E-state index in [0.717, 1.165) is 27.3 Å². The lowest BCUT2D eigenvalue weighted by Crippen LogP contribution is -2.49. The highest BCUT2D eigenvalue weighted by molar-refractivity contribution is 8.32. The van der Waals surface area contributed by atoms with Crippen LogP contribution in [0.5, 0.6) is 0 Å². The molecule has 7 nitrogen and oxygen atoms in total. The normalized spacial score (nSPS) is 11.8. The van der Waals surface area contributed by atoms with Crippen molar-refractivity contribution in [2.75, 3.05) is 44.5 Å². The van der Waals surface area contributed by atoms with E-state index in [-0.39, 0.29) is 6.54 Å². The lowest BCUT2D eigenvalue weighted by molar-refractivity contribution is -0.145. The fourth-order valence-electron chi connectivity index (χ4n) is 3.67. The Hall–Kier alpha value is -3.26. The van der Waals surface area contributed by atoms with Crippen LogP contribution in [-0.2, 0) is 19.0 Å². The molecule has 0 heterocycles. The van der Waals surface area contributed by atoms with Gasteiger partial charge in [0.1, 0.15) is 6.54 Å². The summed E-state index contributed by atoms with van der Waals surface area (Å²) in [7, 11) is -0.795. The molecule has 1 amide bonds. The number of carbonyl (C=O) groups is 3. The van der Waals surface area contributed by atoms with Gasteiger partial charge in [-0.3, -0.25) is 9.69 Å². The van der Waals surface area contributed by atoms with Crippen molar-refractivity contribution in [3.63, 3.8) is 0 Å². The third kappa shape index (κ3) is 8.65. The molecule has 0 aromatic heterocycles. The molecule has 0 atom stereocenters. The van der Waals surface area contributed by atoms with Gasteiger partial charge in [-0.2, -0.15) is 0 Å². The number of amides is 1. The average molecular weight is 544 g/mol. The maximum absolute atomic E-state index is 13.1. The second-order valence-electron chi connectivity index (χ2n) is 10.4. The second kappa shape index (κ2) is 13.5. The number of rotatable bonds is 8. The van der Waals surface area contributed by atoms with Crippen LogP contribution in [0.4, 0.5) is 4.79 Å². The zero-order valence-electron chi connectivity index (χ0n) is 23.8.